The largest absolute Gasteiger partial charge is 0.378 e. The van der Waals surface area contributed by atoms with Crippen molar-refractivity contribution in [3.8, 4) is 0 Å². The van der Waals surface area contributed by atoms with Crippen LogP contribution in [0.2, 0.25) is 0 Å². The molecule has 5 nitrogen and oxygen atoms in total. The zero-order chi connectivity index (χ0) is 18.0. The van der Waals surface area contributed by atoms with E-state index in [1.165, 1.54) is 0 Å². The number of nitrogens with one attached hydrogen (secondary N) is 1. The highest BCUT2D eigenvalue weighted by atomic mass is 19.1. The molecule has 2 aliphatic rings. The van der Waals surface area contributed by atoms with Crippen molar-refractivity contribution in [2.75, 3.05) is 32.8 Å². The number of morpholine rings is 1. The van der Waals surface area contributed by atoms with Crippen LogP contribution in [-0.4, -0.2) is 55.5 Å². The third-order valence-electron chi connectivity index (χ3n) is 4.65. The van der Waals surface area contributed by atoms with Gasteiger partial charge in [-0.3, -0.25) is 9.59 Å². The number of piperidine rings is 1. The van der Waals surface area contributed by atoms with Gasteiger partial charge in [0.2, 0.25) is 5.91 Å². The maximum Gasteiger partial charge on any atom is 0.242 e. The van der Waals surface area contributed by atoms with Gasteiger partial charge in [-0.15, -0.1) is 0 Å². The maximum atomic E-state index is 13.8. The second-order valence-electron chi connectivity index (χ2n) is 6.29. The van der Waals surface area contributed by atoms with E-state index >= 15 is 0 Å². The third kappa shape index (κ3) is 3.85. The predicted octanol–water partition coefficient (Wildman–Crippen LogP) is 1.51. The summed E-state index contributed by atoms with van der Waals surface area (Å²) in [7, 11) is 0. The van der Waals surface area contributed by atoms with Gasteiger partial charge in [-0.1, -0.05) is 0 Å². The summed E-state index contributed by atoms with van der Waals surface area (Å²) in [5.41, 5.74) is -0.700. The molecule has 1 atom stereocenters. The molecular formula is C17H19F3N2O3. The standard InChI is InChI=1S/C17H19F3N2O3/c18-11-7-12(19)15(13(20)8-11)16(23)10-1-4-22(5-2-10)17(24)14-9-25-6-3-21-14/h7-8,10,14,21H,1-6,9H2. The number of Topliss-reactive ketones (excluding diaryl/α,β-unsaturated/α-hetero) is 1. The van der Waals surface area contributed by atoms with Gasteiger partial charge < -0.3 is 15.0 Å². The van der Waals surface area contributed by atoms with Crippen LogP contribution < -0.4 is 5.32 Å². The molecule has 0 radical (unpaired) electrons. The Morgan fingerprint density at radius 2 is 1.76 bits per heavy atom. The molecule has 0 bridgehead atoms. The summed E-state index contributed by atoms with van der Waals surface area (Å²) in [5.74, 6) is -4.80. The van der Waals surface area contributed by atoms with E-state index in [-0.39, 0.29) is 5.91 Å². The van der Waals surface area contributed by atoms with Gasteiger partial charge >= 0.3 is 0 Å². The molecule has 1 unspecified atom stereocenters. The summed E-state index contributed by atoms with van der Waals surface area (Å²) in [6.07, 6.45) is 0.628. The van der Waals surface area contributed by atoms with Crippen LogP contribution in [0.3, 0.4) is 0 Å². The van der Waals surface area contributed by atoms with Crippen LogP contribution in [0.4, 0.5) is 13.2 Å². The van der Waals surface area contributed by atoms with E-state index in [9.17, 15) is 22.8 Å². The van der Waals surface area contributed by atoms with Gasteiger partial charge in [0, 0.05) is 37.7 Å². The minimum Gasteiger partial charge on any atom is -0.378 e. The molecule has 0 saturated carbocycles. The molecule has 25 heavy (non-hydrogen) atoms. The van der Waals surface area contributed by atoms with Crippen molar-refractivity contribution < 1.29 is 27.5 Å². The van der Waals surface area contributed by atoms with Gasteiger partial charge in [0.25, 0.3) is 0 Å². The number of ketones is 1. The highest BCUT2D eigenvalue weighted by Gasteiger charge is 2.33. The second kappa shape index (κ2) is 7.53. The van der Waals surface area contributed by atoms with Crippen LogP contribution in [-0.2, 0) is 9.53 Å². The molecule has 2 heterocycles. The van der Waals surface area contributed by atoms with Crippen molar-refractivity contribution >= 4 is 11.7 Å². The Morgan fingerprint density at radius 1 is 1.12 bits per heavy atom. The van der Waals surface area contributed by atoms with E-state index in [1.807, 2.05) is 0 Å². The van der Waals surface area contributed by atoms with Crippen LogP contribution in [0.5, 0.6) is 0 Å². The average molecular weight is 356 g/mol. The highest BCUT2D eigenvalue weighted by Crippen LogP contribution is 2.25. The third-order valence-corrected chi connectivity index (χ3v) is 4.65. The number of halogens is 3. The van der Waals surface area contributed by atoms with E-state index in [1.54, 1.807) is 4.90 Å². The monoisotopic (exact) mass is 356 g/mol. The molecule has 2 saturated heterocycles. The van der Waals surface area contributed by atoms with Crippen molar-refractivity contribution in [2.45, 2.75) is 18.9 Å². The number of hydrogen-bond acceptors (Lipinski definition) is 4. The summed E-state index contributed by atoms with van der Waals surface area (Å²) in [4.78, 5) is 26.4. The Morgan fingerprint density at radius 3 is 2.32 bits per heavy atom. The number of ether oxygens (including phenoxy) is 1. The van der Waals surface area contributed by atoms with Crippen molar-refractivity contribution in [1.29, 1.82) is 0 Å². The SMILES string of the molecule is O=C(c1c(F)cc(F)cc1F)C1CCN(C(=O)C2COCCN2)CC1. The van der Waals surface area contributed by atoms with Crippen LogP contribution in [0.1, 0.15) is 23.2 Å². The van der Waals surface area contributed by atoms with Gasteiger partial charge in [-0.2, -0.15) is 0 Å². The molecule has 3 rings (SSSR count). The molecule has 1 aromatic rings. The molecule has 1 N–H and O–H groups in total. The number of benzene rings is 1. The van der Waals surface area contributed by atoms with Gasteiger partial charge in [0.15, 0.2) is 5.78 Å². The van der Waals surface area contributed by atoms with E-state index in [4.69, 9.17) is 4.74 Å². The number of nitrogens with zero attached hydrogens (tertiary/aromatic N) is 1. The average Bonchev–Trinajstić information content (AvgIpc) is 2.61. The number of hydrogen-bond donors (Lipinski definition) is 1. The fourth-order valence-corrected chi connectivity index (χ4v) is 3.29. The van der Waals surface area contributed by atoms with Crippen molar-refractivity contribution in [1.82, 2.24) is 10.2 Å². The number of likely N-dealkylation sites (tertiary alicyclic amines) is 1. The van der Waals surface area contributed by atoms with Crippen molar-refractivity contribution in [3.63, 3.8) is 0 Å². The summed E-state index contributed by atoms with van der Waals surface area (Å²) >= 11 is 0. The fourth-order valence-electron chi connectivity index (χ4n) is 3.29. The van der Waals surface area contributed by atoms with E-state index in [2.05, 4.69) is 5.32 Å². The minimum atomic E-state index is -1.19. The first-order valence-corrected chi connectivity index (χ1v) is 8.26. The predicted molar refractivity (Wildman–Crippen MR) is 82.6 cm³/mol. The lowest BCUT2D eigenvalue weighted by molar-refractivity contribution is -0.137. The topological polar surface area (TPSA) is 58.6 Å². The lowest BCUT2D eigenvalue weighted by Gasteiger charge is -2.35. The lowest BCUT2D eigenvalue weighted by atomic mass is 9.88. The molecule has 136 valence electrons. The normalized spacial score (nSPS) is 22.0. The summed E-state index contributed by atoms with van der Waals surface area (Å²) in [6.45, 7) is 2.14. The van der Waals surface area contributed by atoms with Gasteiger partial charge in [-0.05, 0) is 12.8 Å². The molecular weight excluding hydrogens is 337 g/mol. The molecule has 1 aromatic carbocycles. The summed E-state index contributed by atoms with van der Waals surface area (Å²) in [6, 6.07) is 0.612. The highest BCUT2D eigenvalue weighted by molar-refractivity contribution is 5.98. The minimum absolute atomic E-state index is 0.0928. The zero-order valence-corrected chi connectivity index (χ0v) is 13.6. The number of rotatable bonds is 3. The van der Waals surface area contributed by atoms with Gasteiger partial charge in [-0.25, -0.2) is 13.2 Å². The molecule has 0 aromatic heterocycles. The summed E-state index contributed by atoms with van der Waals surface area (Å²) in [5, 5.41) is 3.08. The first-order valence-electron chi connectivity index (χ1n) is 8.26. The van der Waals surface area contributed by atoms with Crippen molar-refractivity contribution in [3.05, 3.63) is 35.1 Å². The van der Waals surface area contributed by atoms with Crippen LogP contribution in [0, 0.1) is 23.4 Å². The van der Waals surface area contributed by atoms with Gasteiger partial charge in [0.05, 0.1) is 18.8 Å². The van der Waals surface area contributed by atoms with Crippen LogP contribution >= 0.6 is 0 Å². The Kier molecular flexibility index (Phi) is 5.39. The zero-order valence-electron chi connectivity index (χ0n) is 13.6. The van der Waals surface area contributed by atoms with E-state index in [0.29, 0.717) is 57.8 Å². The lowest BCUT2D eigenvalue weighted by Crippen LogP contribution is -2.54. The molecule has 1 amide bonds. The Balaban J connectivity index is 1.62. The summed E-state index contributed by atoms with van der Waals surface area (Å²) < 4.78 is 45.8. The first-order chi connectivity index (χ1) is 12.0. The molecule has 2 aliphatic heterocycles. The number of carbonyl (C=O) groups is 2. The van der Waals surface area contributed by atoms with Gasteiger partial charge in [0.1, 0.15) is 23.5 Å². The van der Waals surface area contributed by atoms with E-state index < -0.39 is 40.8 Å². The number of carbonyl (C=O) groups excluding carboxylic acids is 2. The number of amides is 1. The van der Waals surface area contributed by atoms with E-state index in [0.717, 1.165) is 0 Å². The molecule has 2 fully saturated rings. The quantitative estimate of drug-likeness (QED) is 0.835. The Bertz CT molecular complexity index is 646. The molecule has 0 aliphatic carbocycles. The molecule has 0 spiro atoms. The molecule has 8 heteroatoms. The van der Waals surface area contributed by atoms with Crippen LogP contribution in [0.25, 0.3) is 0 Å². The smallest absolute Gasteiger partial charge is 0.242 e. The van der Waals surface area contributed by atoms with Crippen molar-refractivity contribution in [2.24, 2.45) is 5.92 Å². The Hall–Kier alpha value is -1.93. The first kappa shape index (κ1) is 17.9. The fraction of sp³-hybridized carbons (Fsp3) is 0.529. The Labute approximate surface area is 143 Å². The van der Waals surface area contributed by atoms with Crippen LogP contribution in [0.15, 0.2) is 12.1 Å². The maximum absolute atomic E-state index is 13.8. The second-order valence-corrected chi connectivity index (χ2v) is 6.29.